The Kier molecular flexibility index (Phi) is 1.58. The summed E-state index contributed by atoms with van der Waals surface area (Å²) in [5, 5.41) is 3.57. The van der Waals surface area contributed by atoms with Crippen molar-refractivity contribution in [1.82, 2.24) is 0 Å². The van der Waals surface area contributed by atoms with Gasteiger partial charge in [-0.15, -0.1) is 0 Å². The molecule has 0 aliphatic carbocycles. The number of carbonyl (C=O) groups is 1. The molecule has 0 spiro atoms. The zero-order valence-electron chi connectivity index (χ0n) is 6.65. The Morgan fingerprint density at radius 3 is 2.92 bits per heavy atom. The molecule has 0 radical (unpaired) electrons. The molecule has 1 aliphatic rings. The number of halogens is 1. The Morgan fingerprint density at radius 2 is 2.25 bits per heavy atom. The minimum absolute atomic E-state index is 0.0821. The van der Waals surface area contributed by atoms with Crippen molar-refractivity contribution in [1.29, 1.82) is 0 Å². The predicted octanol–water partition coefficient (Wildman–Crippen LogP) is 2.26. The second-order valence-corrected chi connectivity index (χ2v) is 3.30. The van der Waals surface area contributed by atoms with E-state index < -0.39 is 0 Å². The monoisotopic (exact) mass is 181 g/mol. The van der Waals surface area contributed by atoms with E-state index in [9.17, 15) is 4.79 Å². The summed E-state index contributed by atoms with van der Waals surface area (Å²) in [5.41, 5.74) is 2.62. The quantitative estimate of drug-likeness (QED) is 0.665. The number of hydrogen-bond acceptors (Lipinski definition) is 2. The van der Waals surface area contributed by atoms with Gasteiger partial charge in [0.1, 0.15) is 0 Å². The van der Waals surface area contributed by atoms with Crippen LogP contribution in [0.1, 0.15) is 15.9 Å². The molecule has 0 saturated carbocycles. The van der Waals surface area contributed by atoms with Crippen LogP contribution in [-0.2, 0) is 0 Å². The lowest BCUT2D eigenvalue weighted by Crippen LogP contribution is -2.00. The molecule has 0 amide bonds. The highest BCUT2D eigenvalue weighted by molar-refractivity contribution is 6.35. The van der Waals surface area contributed by atoms with Gasteiger partial charge in [-0.2, -0.15) is 0 Å². The first-order valence-electron chi connectivity index (χ1n) is 3.76. The van der Waals surface area contributed by atoms with Crippen LogP contribution >= 0.6 is 11.6 Å². The van der Waals surface area contributed by atoms with Crippen molar-refractivity contribution in [2.45, 2.75) is 6.92 Å². The first-order valence-corrected chi connectivity index (χ1v) is 4.14. The van der Waals surface area contributed by atoms with Crippen LogP contribution in [0.4, 0.5) is 5.69 Å². The third kappa shape index (κ3) is 0.916. The summed E-state index contributed by atoms with van der Waals surface area (Å²) in [6, 6.07) is 3.67. The summed E-state index contributed by atoms with van der Waals surface area (Å²) >= 11 is 5.88. The molecule has 12 heavy (non-hydrogen) atoms. The molecule has 62 valence electrons. The Hall–Kier alpha value is -1.02. The average Bonchev–Trinajstić information content (AvgIpc) is 2.42. The molecule has 0 bridgehead atoms. The second kappa shape index (κ2) is 2.49. The van der Waals surface area contributed by atoms with Gasteiger partial charge < -0.3 is 5.32 Å². The molecular weight excluding hydrogens is 174 g/mol. The smallest absolute Gasteiger partial charge is 0.185 e. The molecule has 1 heterocycles. The maximum atomic E-state index is 11.3. The minimum atomic E-state index is 0.0821. The predicted molar refractivity (Wildman–Crippen MR) is 49.0 cm³/mol. The summed E-state index contributed by atoms with van der Waals surface area (Å²) in [7, 11) is 0. The number of anilines is 1. The van der Waals surface area contributed by atoms with E-state index in [0.29, 0.717) is 17.1 Å². The lowest BCUT2D eigenvalue weighted by Gasteiger charge is -2.03. The Balaban J connectivity index is 2.72. The summed E-state index contributed by atoms with van der Waals surface area (Å²) in [4.78, 5) is 11.3. The van der Waals surface area contributed by atoms with Gasteiger partial charge in [-0.25, -0.2) is 0 Å². The highest BCUT2D eigenvalue weighted by Crippen LogP contribution is 2.31. The molecule has 2 nitrogen and oxygen atoms in total. The first-order chi connectivity index (χ1) is 5.70. The van der Waals surface area contributed by atoms with Gasteiger partial charge in [0.2, 0.25) is 0 Å². The van der Waals surface area contributed by atoms with E-state index in [0.717, 1.165) is 11.3 Å². The number of rotatable bonds is 0. The van der Waals surface area contributed by atoms with Crippen molar-refractivity contribution >= 4 is 23.1 Å². The van der Waals surface area contributed by atoms with Crippen LogP contribution in [0.3, 0.4) is 0 Å². The summed E-state index contributed by atoms with van der Waals surface area (Å²) in [6.07, 6.45) is 0. The molecule has 3 heteroatoms. The number of benzene rings is 1. The van der Waals surface area contributed by atoms with Gasteiger partial charge in [0.05, 0.1) is 17.1 Å². The molecule has 2 rings (SSSR count). The lowest BCUT2D eigenvalue weighted by molar-refractivity contribution is 0.101. The number of aryl methyl sites for hydroxylation is 1. The zero-order chi connectivity index (χ0) is 8.72. The van der Waals surface area contributed by atoms with Gasteiger partial charge in [-0.3, -0.25) is 4.79 Å². The van der Waals surface area contributed by atoms with E-state index >= 15 is 0 Å². The van der Waals surface area contributed by atoms with Crippen LogP contribution in [0.5, 0.6) is 0 Å². The Morgan fingerprint density at radius 1 is 1.50 bits per heavy atom. The second-order valence-electron chi connectivity index (χ2n) is 2.89. The maximum absolute atomic E-state index is 11.3. The number of nitrogens with one attached hydrogen (secondary N) is 1. The molecule has 0 fully saturated rings. The van der Waals surface area contributed by atoms with Gasteiger partial charge in [0.25, 0.3) is 0 Å². The van der Waals surface area contributed by atoms with Crippen LogP contribution < -0.4 is 5.32 Å². The molecule has 1 aromatic carbocycles. The van der Waals surface area contributed by atoms with Crippen molar-refractivity contribution in [3.05, 3.63) is 28.3 Å². The van der Waals surface area contributed by atoms with Gasteiger partial charge in [-0.05, 0) is 18.6 Å². The van der Waals surface area contributed by atoms with Crippen LogP contribution in [0.25, 0.3) is 0 Å². The van der Waals surface area contributed by atoms with Gasteiger partial charge in [-0.1, -0.05) is 17.7 Å². The largest absolute Gasteiger partial charge is 0.377 e. The molecular formula is C9H8ClNO. The fourth-order valence-electron chi connectivity index (χ4n) is 1.44. The van der Waals surface area contributed by atoms with Crippen LogP contribution in [0.2, 0.25) is 5.02 Å². The van der Waals surface area contributed by atoms with Crippen molar-refractivity contribution in [3.8, 4) is 0 Å². The molecule has 0 aromatic heterocycles. The molecule has 0 unspecified atom stereocenters. The molecule has 0 saturated heterocycles. The van der Waals surface area contributed by atoms with Crippen LogP contribution in [0.15, 0.2) is 12.1 Å². The highest BCUT2D eigenvalue weighted by atomic mass is 35.5. The Bertz CT molecular complexity index is 360. The number of Topliss-reactive ketones (excluding diaryl/α,β-unsaturated/α-hetero) is 1. The normalized spacial score (nSPS) is 14.3. The third-order valence-electron chi connectivity index (χ3n) is 2.07. The highest BCUT2D eigenvalue weighted by Gasteiger charge is 2.22. The number of ketones is 1. The number of fused-ring (bicyclic) bond motifs is 1. The zero-order valence-corrected chi connectivity index (χ0v) is 7.40. The average molecular weight is 182 g/mol. The molecule has 1 N–H and O–H groups in total. The minimum Gasteiger partial charge on any atom is -0.377 e. The summed E-state index contributed by atoms with van der Waals surface area (Å²) < 4.78 is 0. The van der Waals surface area contributed by atoms with Crippen molar-refractivity contribution in [2.24, 2.45) is 0 Å². The van der Waals surface area contributed by atoms with E-state index in [1.807, 2.05) is 13.0 Å². The number of carbonyl (C=O) groups excluding carboxylic acids is 1. The van der Waals surface area contributed by atoms with Gasteiger partial charge in [0.15, 0.2) is 5.78 Å². The van der Waals surface area contributed by atoms with Gasteiger partial charge in [0, 0.05) is 5.69 Å². The van der Waals surface area contributed by atoms with E-state index in [-0.39, 0.29) is 5.78 Å². The fraction of sp³-hybridized carbons (Fsp3) is 0.222. The van der Waals surface area contributed by atoms with Gasteiger partial charge >= 0.3 is 0 Å². The van der Waals surface area contributed by atoms with Crippen LogP contribution in [-0.4, -0.2) is 12.3 Å². The summed E-state index contributed by atoms with van der Waals surface area (Å²) in [6.45, 7) is 2.33. The number of hydrogen-bond donors (Lipinski definition) is 1. The summed E-state index contributed by atoms with van der Waals surface area (Å²) in [5.74, 6) is 0.0821. The van der Waals surface area contributed by atoms with Crippen LogP contribution in [0, 0.1) is 6.92 Å². The van der Waals surface area contributed by atoms with E-state index in [1.165, 1.54) is 0 Å². The molecule has 0 atom stereocenters. The third-order valence-corrected chi connectivity index (χ3v) is 2.38. The van der Waals surface area contributed by atoms with E-state index in [1.54, 1.807) is 6.07 Å². The van der Waals surface area contributed by atoms with E-state index in [2.05, 4.69) is 5.32 Å². The van der Waals surface area contributed by atoms with E-state index in [4.69, 9.17) is 11.6 Å². The molecule has 1 aliphatic heterocycles. The first kappa shape index (κ1) is 7.62. The van der Waals surface area contributed by atoms with Crippen molar-refractivity contribution < 1.29 is 4.79 Å². The maximum Gasteiger partial charge on any atom is 0.185 e. The topological polar surface area (TPSA) is 29.1 Å². The van der Waals surface area contributed by atoms with Crippen molar-refractivity contribution in [3.63, 3.8) is 0 Å². The SMILES string of the molecule is Cc1ccc(Cl)c2c1NCC2=O. The fourth-order valence-corrected chi connectivity index (χ4v) is 1.70. The Labute approximate surface area is 75.5 Å². The van der Waals surface area contributed by atoms with Crippen molar-refractivity contribution in [2.75, 3.05) is 11.9 Å². The lowest BCUT2D eigenvalue weighted by atomic mass is 10.1. The molecule has 1 aromatic rings. The standard InChI is InChI=1S/C9H8ClNO/c1-5-2-3-6(10)8-7(12)4-11-9(5)8/h2-3,11H,4H2,1H3.